The van der Waals surface area contributed by atoms with Crippen LogP contribution in [0.3, 0.4) is 0 Å². The third kappa shape index (κ3) is 3.10. The second-order valence-corrected chi connectivity index (χ2v) is 3.90. The summed E-state index contributed by atoms with van der Waals surface area (Å²) in [6, 6.07) is 8.60. The van der Waals surface area contributed by atoms with E-state index in [-0.39, 0.29) is 34.2 Å². The Morgan fingerprint density at radius 3 is 2.14 bits per heavy atom. The number of benzene rings is 2. The van der Waals surface area contributed by atoms with Gasteiger partial charge >= 0.3 is 0 Å². The van der Waals surface area contributed by atoms with E-state index in [4.69, 9.17) is 0 Å². The van der Waals surface area contributed by atoms with Gasteiger partial charge in [0.2, 0.25) is 12.2 Å². The van der Waals surface area contributed by atoms with E-state index in [0.717, 1.165) is 0 Å². The molecule has 0 saturated carbocycles. The Kier molecular flexibility index (Phi) is 4.52. The van der Waals surface area contributed by atoms with Gasteiger partial charge in [-0.25, -0.2) is 9.59 Å². The lowest BCUT2D eigenvalue weighted by atomic mass is 10.2. The maximum absolute atomic E-state index is 10.5. The van der Waals surface area contributed by atoms with Gasteiger partial charge in [0.05, 0.1) is 0 Å². The molecule has 8 nitrogen and oxygen atoms in total. The molecule has 2 N–H and O–H groups in total. The third-order valence-electron chi connectivity index (χ3n) is 2.57. The first-order valence-electron chi connectivity index (χ1n) is 5.89. The number of phenols is 2. The molecule has 8 heteroatoms. The van der Waals surface area contributed by atoms with Crippen LogP contribution in [-0.2, 0) is 9.59 Å². The first-order valence-corrected chi connectivity index (χ1v) is 5.89. The minimum absolute atomic E-state index is 0.0256. The summed E-state index contributed by atoms with van der Waals surface area (Å²) in [6.07, 6.45) is 2.59. The highest BCUT2D eigenvalue weighted by Crippen LogP contribution is 2.44. The number of aromatic hydroxyl groups is 2. The number of para-hydroxylation sites is 1. The molecule has 0 atom stereocenters. The minimum Gasteiger partial charge on any atom is -0.506 e. The highest BCUT2D eigenvalue weighted by Gasteiger charge is 2.13. The van der Waals surface area contributed by atoms with Crippen molar-refractivity contribution < 1.29 is 19.8 Å². The van der Waals surface area contributed by atoms with E-state index in [2.05, 4.69) is 20.2 Å². The van der Waals surface area contributed by atoms with Crippen molar-refractivity contribution in [1.29, 1.82) is 0 Å². The van der Waals surface area contributed by atoms with E-state index < -0.39 is 0 Å². The van der Waals surface area contributed by atoms with Crippen molar-refractivity contribution >= 4 is 34.9 Å². The number of aliphatic imine (C=N–C) groups is 2. The lowest BCUT2D eigenvalue weighted by Crippen LogP contribution is -1.74. The standard InChI is InChI=1S/C14H8N4O4/c19-7-15-10-5-6-12(22)14(13(10)16-8-20)18-17-9-3-1-2-4-11(9)21/h1-6,21-22H. The quantitative estimate of drug-likeness (QED) is 0.509. The second kappa shape index (κ2) is 6.71. The molecule has 108 valence electrons. The van der Waals surface area contributed by atoms with E-state index in [1.807, 2.05) is 0 Å². The molecular formula is C14H8N4O4. The Morgan fingerprint density at radius 1 is 0.727 bits per heavy atom. The molecule has 0 amide bonds. The summed E-state index contributed by atoms with van der Waals surface area (Å²) in [5, 5.41) is 26.9. The Balaban J connectivity index is 2.59. The summed E-state index contributed by atoms with van der Waals surface area (Å²) in [5.41, 5.74) is -0.254. The van der Waals surface area contributed by atoms with Crippen molar-refractivity contribution in [3.8, 4) is 11.5 Å². The number of phenolic OH excluding ortho intramolecular Hbond substituents is 2. The van der Waals surface area contributed by atoms with E-state index >= 15 is 0 Å². The predicted molar refractivity (Wildman–Crippen MR) is 76.0 cm³/mol. The van der Waals surface area contributed by atoms with E-state index in [9.17, 15) is 19.8 Å². The van der Waals surface area contributed by atoms with E-state index in [0.29, 0.717) is 0 Å². The van der Waals surface area contributed by atoms with Gasteiger partial charge in [0.25, 0.3) is 0 Å². The Labute approximate surface area is 123 Å². The van der Waals surface area contributed by atoms with Crippen molar-refractivity contribution in [2.24, 2.45) is 20.2 Å². The lowest BCUT2D eigenvalue weighted by molar-refractivity contribution is 0.474. The summed E-state index contributed by atoms with van der Waals surface area (Å²) in [7, 11) is 0. The van der Waals surface area contributed by atoms with Crippen molar-refractivity contribution in [2.75, 3.05) is 0 Å². The van der Waals surface area contributed by atoms with Gasteiger partial charge in [0.15, 0.2) is 5.69 Å². The molecule has 0 heterocycles. The highest BCUT2D eigenvalue weighted by molar-refractivity contribution is 5.83. The van der Waals surface area contributed by atoms with Crippen LogP contribution >= 0.6 is 0 Å². The molecule has 0 bridgehead atoms. The lowest BCUT2D eigenvalue weighted by Gasteiger charge is -2.03. The number of azo groups is 1. The molecule has 2 aromatic carbocycles. The van der Waals surface area contributed by atoms with Gasteiger partial charge in [-0.15, -0.1) is 10.2 Å². The summed E-state index contributed by atoms with van der Waals surface area (Å²) in [4.78, 5) is 27.6. The van der Waals surface area contributed by atoms with Gasteiger partial charge in [0.1, 0.15) is 28.6 Å². The van der Waals surface area contributed by atoms with Gasteiger partial charge in [-0.1, -0.05) is 12.1 Å². The highest BCUT2D eigenvalue weighted by atomic mass is 16.3. The second-order valence-electron chi connectivity index (χ2n) is 3.90. The number of isocyanates is 2. The number of rotatable bonds is 4. The molecule has 0 aliphatic rings. The average molecular weight is 296 g/mol. The molecule has 0 saturated heterocycles. The van der Waals surface area contributed by atoms with Gasteiger partial charge in [-0.2, -0.15) is 9.98 Å². The Hall–Kier alpha value is -3.60. The first-order chi connectivity index (χ1) is 10.7. The van der Waals surface area contributed by atoms with Crippen LogP contribution in [0.15, 0.2) is 56.6 Å². The molecule has 0 aliphatic carbocycles. The first kappa shape index (κ1) is 14.8. The molecule has 0 aromatic heterocycles. The monoisotopic (exact) mass is 296 g/mol. The summed E-state index contributed by atoms with van der Waals surface area (Å²) in [5.74, 6) is -0.453. The van der Waals surface area contributed by atoms with Crippen molar-refractivity contribution in [3.05, 3.63) is 36.4 Å². The summed E-state index contributed by atoms with van der Waals surface area (Å²) in [6.45, 7) is 0. The van der Waals surface area contributed by atoms with Gasteiger partial charge < -0.3 is 10.2 Å². The van der Waals surface area contributed by atoms with Crippen LogP contribution in [0.2, 0.25) is 0 Å². The Morgan fingerprint density at radius 2 is 1.45 bits per heavy atom. The Bertz CT molecular complexity index is 835. The van der Waals surface area contributed by atoms with E-state index in [1.54, 1.807) is 12.1 Å². The number of hydrogen-bond donors (Lipinski definition) is 2. The summed E-state index contributed by atoms with van der Waals surface area (Å²) >= 11 is 0. The normalized spacial score (nSPS) is 10.0. The van der Waals surface area contributed by atoms with Crippen LogP contribution in [0, 0.1) is 0 Å². The molecule has 0 unspecified atom stereocenters. The summed E-state index contributed by atoms with van der Waals surface area (Å²) < 4.78 is 0. The number of carbonyl (C=O) groups excluding carboxylic acids is 2. The van der Waals surface area contributed by atoms with Crippen molar-refractivity contribution in [2.45, 2.75) is 0 Å². The number of hydrogen-bond acceptors (Lipinski definition) is 8. The van der Waals surface area contributed by atoms with Crippen LogP contribution in [-0.4, -0.2) is 22.4 Å². The number of nitrogens with zero attached hydrogens (tertiary/aromatic N) is 4. The van der Waals surface area contributed by atoms with Gasteiger partial charge in [-0.05, 0) is 24.3 Å². The molecular weight excluding hydrogens is 288 g/mol. The topological polar surface area (TPSA) is 124 Å². The van der Waals surface area contributed by atoms with Crippen LogP contribution in [0.25, 0.3) is 0 Å². The van der Waals surface area contributed by atoms with Crippen LogP contribution in [0.4, 0.5) is 22.7 Å². The fourth-order valence-electron chi connectivity index (χ4n) is 1.60. The molecule has 0 aliphatic heterocycles. The fraction of sp³-hybridized carbons (Fsp3) is 0. The molecule has 2 aromatic rings. The zero-order valence-electron chi connectivity index (χ0n) is 11.0. The smallest absolute Gasteiger partial charge is 0.240 e. The zero-order valence-corrected chi connectivity index (χ0v) is 11.0. The maximum Gasteiger partial charge on any atom is 0.240 e. The minimum atomic E-state index is -0.335. The third-order valence-corrected chi connectivity index (χ3v) is 2.57. The molecule has 0 radical (unpaired) electrons. The van der Waals surface area contributed by atoms with Crippen molar-refractivity contribution in [1.82, 2.24) is 0 Å². The van der Waals surface area contributed by atoms with Crippen LogP contribution in [0.1, 0.15) is 0 Å². The average Bonchev–Trinajstić information content (AvgIpc) is 2.51. The fourth-order valence-corrected chi connectivity index (χ4v) is 1.60. The van der Waals surface area contributed by atoms with Gasteiger partial charge in [-0.3, -0.25) is 0 Å². The zero-order chi connectivity index (χ0) is 15.9. The molecule has 0 spiro atoms. The SMILES string of the molecule is O=C=Nc1ccc(O)c(N=Nc2ccccc2O)c1N=C=O. The maximum atomic E-state index is 10.5. The van der Waals surface area contributed by atoms with Crippen molar-refractivity contribution in [3.63, 3.8) is 0 Å². The van der Waals surface area contributed by atoms with Crippen LogP contribution < -0.4 is 0 Å². The molecule has 22 heavy (non-hydrogen) atoms. The van der Waals surface area contributed by atoms with Gasteiger partial charge in [0, 0.05) is 0 Å². The predicted octanol–water partition coefficient (Wildman–Crippen LogP) is 3.45. The molecule has 0 fully saturated rings. The largest absolute Gasteiger partial charge is 0.506 e. The molecule has 2 rings (SSSR count). The van der Waals surface area contributed by atoms with E-state index in [1.165, 1.54) is 36.4 Å². The van der Waals surface area contributed by atoms with Crippen LogP contribution in [0.5, 0.6) is 11.5 Å².